The summed E-state index contributed by atoms with van der Waals surface area (Å²) >= 11 is 3.37. The highest BCUT2D eigenvalue weighted by Gasteiger charge is 2.53. The van der Waals surface area contributed by atoms with E-state index in [1.165, 1.54) is 52.0 Å². The lowest BCUT2D eigenvalue weighted by atomic mass is 9.84. The standard InChI is InChI=1S/C21H19BrFN5O3.C21H18FN7O2.C21H16FN7O2.C11H19BN2O2/c1-21(2,3)31-20(29)28(10-13-12-7-8-30-16(12)6-5-15(13)23)19-25-9-14(22)18-26-17(24-4)11-27(18)19;2*1-11-6-15(28(3)27-11)13-8-25-21(29-9-18(23-2)26-20(13)29)24-7-12-14(22)4-5-17-19(12)16(30)10-31-17;1-8-7-9(14(6)13-8)12-15-10(2,3)11(4,5)16-12/h5-6,9,11H,7-8,10H2,1-3H3;4-6,8-9,16,30H,7,10H2,1,3H3,(H,24,25);4-6,8-9H,7,10H2,1,3H3,(H,24,25);7H,1-6H3. The zero-order valence-corrected chi connectivity index (χ0v) is 63.1. The number of amides is 1. The van der Waals surface area contributed by atoms with Gasteiger partial charge >= 0.3 is 13.2 Å². The van der Waals surface area contributed by atoms with Crippen molar-refractivity contribution in [1.82, 2.24) is 72.4 Å². The van der Waals surface area contributed by atoms with E-state index in [0.29, 0.717) is 85.8 Å². The van der Waals surface area contributed by atoms with Gasteiger partial charge in [0.15, 0.2) is 6.61 Å². The van der Waals surface area contributed by atoms with E-state index in [4.69, 9.17) is 48.0 Å². The number of carbonyl (C=O) groups excluding carboxylic acids is 2. The van der Waals surface area contributed by atoms with E-state index in [2.05, 4.69) is 114 Å². The van der Waals surface area contributed by atoms with Crippen LogP contribution in [0.4, 0.5) is 53.3 Å². The molecule has 1 saturated heterocycles. The first-order valence-electron chi connectivity index (χ1n) is 34.1. The molecule has 3 N–H and O–H groups in total. The molecule has 1 amide bonds. The van der Waals surface area contributed by atoms with Crippen molar-refractivity contribution in [3.8, 4) is 39.8 Å². The molecule has 30 nitrogen and oxygen atoms in total. The largest absolute Gasteiger partial charge is 0.514 e. The number of aromatic nitrogens is 15. The molecule has 1 unspecified atom stereocenters. The van der Waals surface area contributed by atoms with Gasteiger partial charge in [0.25, 0.3) is 17.5 Å². The molecule has 1 atom stereocenters. The zero-order valence-electron chi connectivity index (χ0n) is 61.5. The fourth-order valence-corrected chi connectivity index (χ4v) is 13.2. The van der Waals surface area contributed by atoms with Gasteiger partial charge in [-0.1, -0.05) is 34.7 Å². The Kier molecular flexibility index (Phi) is 20.3. The lowest BCUT2D eigenvalue weighted by Crippen LogP contribution is -2.41. The van der Waals surface area contributed by atoms with Gasteiger partial charge in [-0.2, -0.15) is 15.3 Å². The van der Waals surface area contributed by atoms with Crippen molar-refractivity contribution in [3.63, 3.8) is 0 Å². The third kappa shape index (κ3) is 14.9. The molecule has 0 bridgehead atoms. The summed E-state index contributed by atoms with van der Waals surface area (Å²) < 4.78 is 88.3. The molecule has 9 aromatic heterocycles. The fraction of sp³-hybridized carbons (Fsp3) is 0.324. The fourth-order valence-electron chi connectivity index (χ4n) is 12.8. The molecule has 4 aliphatic heterocycles. The summed E-state index contributed by atoms with van der Waals surface area (Å²) in [6.07, 6.45) is 8.34. The van der Waals surface area contributed by atoms with Gasteiger partial charge in [-0.15, -0.1) is 0 Å². The zero-order chi connectivity index (χ0) is 77.9. The maximum atomic E-state index is 14.8. The molecule has 4 aliphatic rings. The van der Waals surface area contributed by atoms with Crippen LogP contribution in [0.1, 0.15) is 110 Å². The van der Waals surface area contributed by atoms with Gasteiger partial charge in [0.05, 0.1) is 81.3 Å². The Morgan fingerprint density at radius 3 is 1.72 bits per heavy atom. The minimum atomic E-state index is -0.882. The molecule has 558 valence electrons. The molecule has 0 radical (unpaired) electrons. The van der Waals surface area contributed by atoms with Gasteiger partial charge in [-0.25, -0.2) is 37.8 Å². The smallest absolute Gasteiger partial charge is 0.493 e. The topological polar surface area (TPSA) is 294 Å². The van der Waals surface area contributed by atoms with Crippen LogP contribution >= 0.6 is 15.9 Å². The molecule has 0 spiro atoms. The van der Waals surface area contributed by atoms with Gasteiger partial charge < -0.3 is 58.5 Å². The normalized spacial score (nSPS) is 14.9. The second-order valence-corrected chi connectivity index (χ2v) is 28.7. The number of halogens is 4. The second-order valence-electron chi connectivity index (χ2n) is 27.9. The maximum Gasteiger partial charge on any atom is 0.514 e. The highest BCUT2D eigenvalue weighted by atomic mass is 79.9. The molecule has 35 heteroatoms. The Bertz CT molecular complexity index is 5740. The molecule has 3 aromatic carbocycles. The lowest BCUT2D eigenvalue weighted by molar-refractivity contribution is 0.00578. The van der Waals surface area contributed by atoms with Crippen LogP contribution in [-0.2, 0) is 61.2 Å². The first-order valence-corrected chi connectivity index (χ1v) is 34.9. The summed E-state index contributed by atoms with van der Waals surface area (Å²) in [5.74, 6) is 1.27. The summed E-state index contributed by atoms with van der Waals surface area (Å²) in [6, 6.07) is 14.3. The Hall–Kier alpha value is -12.2. The van der Waals surface area contributed by atoms with E-state index in [-0.39, 0.29) is 91.5 Å². The summed E-state index contributed by atoms with van der Waals surface area (Å²) in [4.78, 5) is 63.2. The number of aliphatic hydroxyl groups is 1. The van der Waals surface area contributed by atoms with Crippen LogP contribution in [0.5, 0.6) is 17.2 Å². The van der Waals surface area contributed by atoms with Crippen molar-refractivity contribution in [2.45, 2.75) is 118 Å². The predicted molar refractivity (Wildman–Crippen MR) is 399 cm³/mol. The average molecular weight is 1550 g/mol. The number of rotatable bonds is 12. The number of aliphatic hydroxyl groups excluding tert-OH is 1. The predicted octanol–water partition coefficient (Wildman–Crippen LogP) is 12.6. The van der Waals surface area contributed by atoms with Crippen LogP contribution in [0.2, 0.25) is 0 Å². The molecular formula is C74H72BBrF3N21O9. The van der Waals surface area contributed by atoms with Crippen molar-refractivity contribution in [2.75, 3.05) is 35.4 Å². The summed E-state index contributed by atoms with van der Waals surface area (Å²) in [5, 5.41) is 29.4. The van der Waals surface area contributed by atoms with Gasteiger partial charge in [0.1, 0.15) is 57.5 Å². The first kappa shape index (κ1) is 75.0. The number of fused-ring (bicyclic) bond motifs is 6. The number of benzene rings is 3. The SMILES string of the molecule is Cc1cc(B2OC(C)(C)C(C)(C)O2)n(C)n1.[C-]#[N+]c1cn2c(N(Cc3c(F)ccc4c3CCO4)C(=O)OC(C)(C)C)ncc(Br)c2n1.[C-]#[N+]c1cn2c(NCc3c(F)ccc4c3C(=O)CO4)ncc(-c3cc(C)nn3C)c2n1.[C-]#[N+]c1cn2c(NCc3c(F)ccc4c3C(O)CO4)ncc(-c3cc(C)nn3C)c2n1. The number of anilines is 3. The minimum absolute atomic E-state index is 0.0158. The molecule has 0 saturated carbocycles. The van der Waals surface area contributed by atoms with Crippen LogP contribution in [0.25, 0.3) is 54.0 Å². The third-order valence-corrected chi connectivity index (χ3v) is 19.2. The van der Waals surface area contributed by atoms with Crippen molar-refractivity contribution < 1.29 is 56.1 Å². The number of aryl methyl sites for hydroxylation is 6. The summed E-state index contributed by atoms with van der Waals surface area (Å²) in [5.41, 5.74) is 9.06. The summed E-state index contributed by atoms with van der Waals surface area (Å²) in [7, 11) is 5.24. The van der Waals surface area contributed by atoms with Crippen molar-refractivity contribution >= 4 is 92.8 Å². The Morgan fingerprint density at radius 1 is 0.679 bits per heavy atom. The average Bonchev–Trinajstić information content (AvgIpc) is 1.63. The van der Waals surface area contributed by atoms with Gasteiger partial charge in [0, 0.05) is 99.5 Å². The number of imidazole rings is 3. The van der Waals surface area contributed by atoms with Crippen LogP contribution in [0.15, 0.2) is 96.3 Å². The number of ether oxygens (including phenoxy) is 4. The third-order valence-electron chi connectivity index (χ3n) is 18.6. The van der Waals surface area contributed by atoms with E-state index in [0.717, 1.165) is 45.2 Å². The van der Waals surface area contributed by atoms with Crippen LogP contribution in [0.3, 0.4) is 0 Å². The van der Waals surface area contributed by atoms with E-state index in [1.54, 1.807) is 69.8 Å². The van der Waals surface area contributed by atoms with Crippen molar-refractivity contribution in [2.24, 2.45) is 21.1 Å². The number of ketones is 1. The Balaban J connectivity index is 0.000000131. The molecule has 13 heterocycles. The maximum absolute atomic E-state index is 14.8. The van der Waals surface area contributed by atoms with E-state index < -0.39 is 35.2 Å². The highest BCUT2D eigenvalue weighted by molar-refractivity contribution is 9.10. The monoisotopic (exact) mass is 1550 g/mol. The second kappa shape index (κ2) is 29.5. The number of hydrogen-bond donors (Lipinski definition) is 3. The molecule has 1 fully saturated rings. The minimum Gasteiger partial charge on any atom is -0.493 e. The quantitative estimate of drug-likeness (QED) is 0.0756. The highest BCUT2D eigenvalue weighted by Crippen LogP contribution is 2.40. The lowest BCUT2D eigenvalue weighted by Gasteiger charge is -2.32. The van der Waals surface area contributed by atoms with Crippen LogP contribution in [-0.4, -0.2) is 133 Å². The van der Waals surface area contributed by atoms with E-state index >= 15 is 0 Å². The van der Waals surface area contributed by atoms with Gasteiger partial charge in [-0.3, -0.25) is 32.0 Å². The number of hydrogen-bond acceptors (Lipinski definition) is 20. The number of nitrogens with one attached hydrogen (secondary N) is 2. The van der Waals surface area contributed by atoms with Crippen LogP contribution < -0.4 is 35.3 Å². The molecule has 12 aromatic rings. The summed E-state index contributed by atoms with van der Waals surface area (Å²) in [6.45, 7) is 41.6. The first-order chi connectivity index (χ1) is 51.8. The molecule has 16 rings (SSSR count). The van der Waals surface area contributed by atoms with Gasteiger partial charge in [-0.05, 0) is 140 Å². The van der Waals surface area contributed by atoms with E-state index in [1.807, 2.05) is 64.8 Å². The number of Topliss-reactive ketones (excluding diaryl/α,β-unsaturated/α-hetero) is 1. The Labute approximate surface area is 631 Å². The number of carbonyl (C=O) groups is 2. The van der Waals surface area contributed by atoms with Crippen molar-refractivity contribution in [1.29, 1.82) is 0 Å². The Morgan fingerprint density at radius 2 is 1.18 bits per heavy atom. The number of nitrogens with zero attached hydrogens (tertiary/aromatic N) is 19. The van der Waals surface area contributed by atoms with Crippen molar-refractivity contribution in [3.05, 3.63) is 198 Å². The molecule has 109 heavy (non-hydrogen) atoms. The van der Waals surface area contributed by atoms with Crippen LogP contribution in [0, 0.1) is 57.9 Å². The van der Waals surface area contributed by atoms with Gasteiger partial charge in [0.2, 0.25) is 40.6 Å². The molecular weight excluding hydrogens is 1470 g/mol. The molecule has 0 aliphatic carbocycles. The van der Waals surface area contributed by atoms with E-state index in [9.17, 15) is 27.9 Å².